The van der Waals surface area contributed by atoms with Crippen LogP contribution in [0.2, 0.25) is 0 Å². The van der Waals surface area contributed by atoms with Crippen LogP contribution in [0.25, 0.3) is 0 Å². The number of carbonyl (C=O) groups is 2. The number of carboxylic acid groups (broad SMARTS) is 1. The van der Waals surface area contributed by atoms with Crippen molar-refractivity contribution in [1.29, 1.82) is 0 Å². The molecule has 0 saturated carbocycles. The molecule has 1 atom stereocenters. The first-order valence-corrected chi connectivity index (χ1v) is 6.44. The van der Waals surface area contributed by atoms with Crippen LogP contribution in [-0.2, 0) is 14.3 Å². The Hall–Kier alpha value is -0.750. The summed E-state index contributed by atoms with van der Waals surface area (Å²) in [5.41, 5.74) is 0. The van der Waals surface area contributed by atoms with Gasteiger partial charge in [-0.25, -0.2) is 0 Å². The number of rotatable bonds is 4. The van der Waals surface area contributed by atoms with Gasteiger partial charge in [-0.15, -0.1) is 11.8 Å². The molecule has 1 rings (SSSR count). The predicted octanol–water partition coefficient (Wildman–Crippen LogP) is 0.442. The van der Waals surface area contributed by atoms with Gasteiger partial charge in [0.1, 0.15) is 0 Å². The van der Waals surface area contributed by atoms with Gasteiger partial charge in [0.15, 0.2) is 0 Å². The van der Waals surface area contributed by atoms with E-state index in [0.29, 0.717) is 19.7 Å². The van der Waals surface area contributed by atoms with Gasteiger partial charge < -0.3 is 14.7 Å². The fraction of sp³-hybridized carbons (Fsp3) is 0.800. The number of nitrogens with zero attached hydrogens (tertiary/aromatic N) is 1. The second kappa shape index (κ2) is 6.75. The van der Waals surface area contributed by atoms with Gasteiger partial charge in [-0.05, 0) is 13.3 Å². The maximum atomic E-state index is 11.7. The fourth-order valence-electron chi connectivity index (χ4n) is 1.54. The molecule has 0 bridgehead atoms. The van der Waals surface area contributed by atoms with E-state index in [1.807, 2.05) is 6.92 Å². The third-order valence-corrected chi connectivity index (χ3v) is 3.16. The first-order chi connectivity index (χ1) is 7.59. The average Bonchev–Trinajstić information content (AvgIpc) is 2.42. The van der Waals surface area contributed by atoms with Crippen LogP contribution in [0.4, 0.5) is 0 Å². The summed E-state index contributed by atoms with van der Waals surface area (Å²) in [6.45, 7) is 3.94. The van der Waals surface area contributed by atoms with Crippen molar-refractivity contribution < 1.29 is 19.4 Å². The van der Waals surface area contributed by atoms with Crippen LogP contribution in [0.15, 0.2) is 0 Å². The summed E-state index contributed by atoms with van der Waals surface area (Å²) in [6, 6.07) is 0. The lowest BCUT2D eigenvalue weighted by molar-refractivity contribution is -0.133. The molecule has 1 unspecified atom stereocenters. The number of amides is 1. The summed E-state index contributed by atoms with van der Waals surface area (Å²) in [7, 11) is 0. The van der Waals surface area contributed by atoms with Crippen LogP contribution in [-0.4, -0.2) is 59.2 Å². The molecule has 16 heavy (non-hydrogen) atoms. The van der Waals surface area contributed by atoms with Crippen molar-refractivity contribution in [2.75, 3.05) is 31.2 Å². The lowest BCUT2D eigenvalue weighted by Crippen LogP contribution is -2.37. The Balaban J connectivity index is 2.31. The van der Waals surface area contributed by atoms with Gasteiger partial charge in [-0.1, -0.05) is 0 Å². The SMILES string of the molecule is CC1CN(C(=O)CSCC(=O)O)CCCO1. The molecule has 1 heterocycles. The van der Waals surface area contributed by atoms with Gasteiger partial charge in [-0.3, -0.25) is 9.59 Å². The van der Waals surface area contributed by atoms with Gasteiger partial charge in [-0.2, -0.15) is 0 Å². The molecule has 1 aliphatic rings. The van der Waals surface area contributed by atoms with E-state index < -0.39 is 5.97 Å². The lowest BCUT2D eigenvalue weighted by Gasteiger charge is -2.21. The Morgan fingerprint density at radius 1 is 1.50 bits per heavy atom. The van der Waals surface area contributed by atoms with Gasteiger partial charge in [0.25, 0.3) is 0 Å². The van der Waals surface area contributed by atoms with Gasteiger partial charge in [0, 0.05) is 19.7 Å². The minimum Gasteiger partial charge on any atom is -0.481 e. The number of thioether (sulfide) groups is 1. The summed E-state index contributed by atoms with van der Waals surface area (Å²) >= 11 is 1.14. The van der Waals surface area contributed by atoms with E-state index in [4.69, 9.17) is 9.84 Å². The maximum Gasteiger partial charge on any atom is 0.313 e. The topological polar surface area (TPSA) is 66.8 Å². The number of hydrogen-bond acceptors (Lipinski definition) is 4. The van der Waals surface area contributed by atoms with E-state index in [2.05, 4.69) is 0 Å². The predicted molar refractivity (Wildman–Crippen MR) is 61.6 cm³/mol. The third-order valence-electron chi connectivity index (χ3n) is 2.26. The molecule has 1 N–H and O–H groups in total. The smallest absolute Gasteiger partial charge is 0.313 e. The molecule has 0 radical (unpaired) electrons. The number of ether oxygens (including phenoxy) is 1. The molecule has 0 aliphatic carbocycles. The van der Waals surface area contributed by atoms with Gasteiger partial charge in [0.2, 0.25) is 5.91 Å². The minimum absolute atomic E-state index is 0.00333. The molecule has 1 saturated heterocycles. The minimum atomic E-state index is -0.884. The number of aliphatic carboxylic acids is 1. The molecule has 0 spiro atoms. The lowest BCUT2D eigenvalue weighted by atomic mass is 10.3. The molecule has 0 aromatic carbocycles. The van der Waals surface area contributed by atoms with Gasteiger partial charge >= 0.3 is 5.97 Å². The van der Waals surface area contributed by atoms with Crippen LogP contribution in [0.3, 0.4) is 0 Å². The molecular weight excluding hydrogens is 230 g/mol. The number of hydrogen-bond donors (Lipinski definition) is 1. The third kappa shape index (κ3) is 4.85. The number of carbonyl (C=O) groups excluding carboxylic acids is 1. The second-order valence-corrected chi connectivity index (χ2v) is 4.75. The van der Waals surface area contributed by atoms with Crippen molar-refractivity contribution in [2.24, 2.45) is 0 Å². The zero-order chi connectivity index (χ0) is 12.0. The first-order valence-electron chi connectivity index (χ1n) is 5.28. The zero-order valence-corrected chi connectivity index (χ0v) is 10.2. The van der Waals surface area contributed by atoms with Crippen molar-refractivity contribution in [3.8, 4) is 0 Å². The second-order valence-electron chi connectivity index (χ2n) is 3.76. The van der Waals surface area contributed by atoms with Crippen LogP contribution in [0.5, 0.6) is 0 Å². The average molecular weight is 247 g/mol. The highest BCUT2D eigenvalue weighted by atomic mass is 32.2. The fourth-order valence-corrected chi connectivity index (χ4v) is 2.17. The first kappa shape index (κ1) is 13.3. The van der Waals surface area contributed by atoms with Crippen molar-refractivity contribution in [3.63, 3.8) is 0 Å². The van der Waals surface area contributed by atoms with Crippen molar-refractivity contribution in [1.82, 2.24) is 4.90 Å². The molecule has 92 valence electrons. The highest BCUT2D eigenvalue weighted by Gasteiger charge is 2.19. The molecular formula is C10H17NO4S. The largest absolute Gasteiger partial charge is 0.481 e. The van der Waals surface area contributed by atoms with Crippen LogP contribution < -0.4 is 0 Å². The van der Waals surface area contributed by atoms with Gasteiger partial charge in [0.05, 0.1) is 17.6 Å². The standard InChI is InChI=1S/C10H17NO4S/c1-8-5-11(3-2-4-15-8)9(12)6-16-7-10(13)14/h8H,2-7H2,1H3,(H,13,14). The van der Waals surface area contributed by atoms with Crippen molar-refractivity contribution in [2.45, 2.75) is 19.4 Å². The summed E-state index contributed by atoms with van der Waals surface area (Å²) in [5, 5.41) is 8.46. The van der Waals surface area contributed by atoms with E-state index in [9.17, 15) is 9.59 Å². The normalized spacial score (nSPS) is 21.6. The quantitative estimate of drug-likeness (QED) is 0.781. The zero-order valence-electron chi connectivity index (χ0n) is 9.35. The van der Waals surface area contributed by atoms with Crippen LogP contribution in [0, 0.1) is 0 Å². The van der Waals surface area contributed by atoms with Crippen molar-refractivity contribution >= 4 is 23.6 Å². The van der Waals surface area contributed by atoms with E-state index in [-0.39, 0.29) is 23.5 Å². The number of carboxylic acids is 1. The molecule has 0 aromatic rings. The summed E-state index contributed by atoms with van der Waals surface area (Å²) in [5.74, 6) is -0.668. The van der Waals surface area contributed by atoms with E-state index in [1.165, 1.54) is 0 Å². The summed E-state index contributed by atoms with van der Waals surface area (Å²) in [6.07, 6.45) is 0.913. The molecule has 5 nitrogen and oxygen atoms in total. The monoisotopic (exact) mass is 247 g/mol. The Morgan fingerprint density at radius 2 is 2.25 bits per heavy atom. The summed E-state index contributed by atoms with van der Waals surface area (Å²) < 4.78 is 5.43. The Morgan fingerprint density at radius 3 is 2.94 bits per heavy atom. The molecule has 0 aromatic heterocycles. The molecule has 1 fully saturated rings. The Labute approximate surface area is 99.1 Å². The van der Waals surface area contributed by atoms with Crippen LogP contribution >= 0.6 is 11.8 Å². The molecule has 6 heteroatoms. The maximum absolute atomic E-state index is 11.7. The van der Waals surface area contributed by atoms with E-state index in [1.54, 1.807) is 4.90 Å². The molecule has 1 amide bonds. The highest BCUT2D eigenvalue weighted by Crippen LogP contribution is 2.08. The highest BCUT2D eigenvalue weighted by molar-refractivity contribution is 8.00. The van der Waals surface area contributed by atoms with E-state index >= 15 is 0 Å². The van der Waals surface area contributed by atoms with Crippen molar-refractivity contribution in [3.05, 3.63) is 0 Å². The Kier molecular flexibility index (Phi) is 5.62. The van der Waals surface area contributed by atoms with Crippen LogP contribution in [0.1, 0.15) is 13.3 Å². The molecule has 1 aliphatic heterocycles. The van der Waals surface area contributed by atoms with E-state index in [0.717, 1.165) is 18.2 Å². The summed E-state index contributed by atoms with van der Waals surface area (Å²) in [4.78, 5) is 23.8. The Bertz CT molecular complexity index is 259.